The zero-order chi connectivity index (χ0) is 15.6. The molecule has 5 nitrogen and oxygen atoms in total. The Bertz CT molecular complexity index is 832. The van der Waals surface area contributed by atoms with Gasteiger partial charge in [0.2, 0.25) is 0 Å². The van der Waals surface area contributed by atoms with Crippen LogP contribution in [-0.4, -0.2) is 26.1 Å². The minimum Gasteiger partial charge on any atom is -0.358 e. The number of aromatic nitrogens is 4. The van der Waals surface area contributed by atoms with Gasteiger partial charge in [0, 0.05) is 12.4 Å². The van der Waals surface area contributed by atoms with E-state index in [1.165, 1.54) is 24.2 Å². The average molecular weight is 330 g/mol. The summed E-state index contributed by atoms with van der Waals surface area (Å²) in [6.45, 7) is 0.768. The van der Waals surface area contributed by atoms with Gasteiger partial charge in [-0.1, -0.05) is 30.0 Å². The van der Waals surface area contributed by atoms with E-state index >= 15 is 0 Å². The summed E-state index contributed by atoms with van der Waals surface area (Å²) < 4.78 is 21.4. The topological polar surface area (TPSA) is 52.8 Å². The quantitative estimate of drug-likeness (QED) is 0.541. The van der Waals surface area contributed by atoms with Crippen LogP contribution in [0.3, 0.4) is 0 Å². The van der Waals surface area contributed by atoms with Gasteiger partial charge in [0.25, 0.3) is 0 Å². The summed E-state index contributed by atoms with van der Waals surface area (Å²) in [4.78, 5) is 13.1. The molecule has 1 aromatic carbocycles. The highest BCUT2D eigenvalue weighted by atomic mass is 32.2. The van der Waals surface area contributed by atoms with E-state index in [1.807, 2.05) is 10.6 Å². The standard InChI is InChI=1S/C16H15FN4OS/c17-12-5-2-1-4-11(12)8-23-16-14-15(18-9-19-16)21(10-20-14)13-6-3-7-22-13/h1-2,4-5,9-10,13H,3,6-8H2/t13-/m1/s1. The van der Waals surface area contributed by atoms with Crippen LogP contribution in [-0.2, 0) is 10.5 Å². The first-order valence-electron chi connectivity index (χ1n) is 7.48. The fourth-order valence-electron chi connectivity index (χ4n) is 2.69. The Balaban J connectivity index is 1.62. The molecule has 1 aliphatic rings. The molecule has 1 atom stereocenters. The molecule has 118 valence electrons. The predicted octanol–water partition coefficient (Wildman–Crippen LogP) is 3.57. The van der Waals surface area contributed by atoms with Crippen LogP contribution < -0.4 is 0 Å². The van der Waals surface area contributed by atoms with E-state index in [1.54, 1.807) is 18.5 Å². The minimum atomic E-state index is -0.199. The fourth-order valence-corrected chi connectivity index (χ4v) is 3.62. The van der Waals surface area contributed by atoms with Crippen molar-refractivity contribution in [3.63, 3.8) is 0 Å². The summed E-state index contributed by atoms with van der Waals surface area (Å²) in [5.41, 5.74) is 2.16. The molecule has 23 heavy (non-hydrogen) atoms. The highest BCUT2D eigenvalue weighted by molar-refractivity contribution is 7.98. The molecule has 3 heterocycles. The van der Waals surface area contributed by atoms with Gasteiger partial charge in [-0.3, -0.25) is 4.57 Å². The molecule has 2 aromatic heterocycles. The van der Waals surface area contributed by atoms with E-state index in [4.69, 9.17) is 4.74 Å². The maximum absolute atomic E-state index is 13.7. The molecule has 0 radical (unpaired) electrons. The number of halogens is 1. The third-order valence-corrected chi connectivity index (χ3v) is 4.89. The van der Waals surface area contributed by atoms with E-state index < -0.39 is 0 Å². The lowest BCUT2D eigenvalue weighted by molar-refractivity contribution is 0.0593. The van der Waals surface area contributed by atoms with Gasteiger partial charge in [-0.05, 0) is 24.5 Å². The maximum Gasteiger partial charge on any atom is 0.166 e. The molecule has 0 bridgehead atoms. The second kappa shape index (κ2) is 6.25. The predicted molar refractivity (Wildman–Crippen MR) is 85.5 cm³/mol. The molecular formula is C16H15FN4OS. The number of imidazole rings is 1. The van der Waals surface area contributed by atoms with Gasteiger partial charge in [0.05, 0.1) is 6.33 Å². The minimum absolute atomic E-state index is 0.000632. The van der Waals surface area contributed by atoms with Crippen molar-refractivity contribution in [3.05, 3.63) is 48.3 Å². The average Bonchev–Trinajstić information content (AvgIpc) is 3.23. The van der Waals surface area contributed by atoms with E-state index in [0.29, 0.717) is 11.3 Å². The summed E-state index contributed by atoms with van der Waals surface area (Å²) in [5, 5.41) is 0.759. The van der Waals surface area contributed by atoms with Crippen molar-refractivity contribution < 1.29 is 9.13 Å². The van der Waals surface area contributed by atoms with Gasteiger partial charge >= 0.3 is 0 Å². The van der Waals surface area contributed by atoms with Crippen molar-refractivity contribution in [3.8, 4) is 0 Å². The lowest BCUT2D eigenvalue weighted by Crippen LogP contribution is -2.06. The van der Waals surface area contributed by atoms with Gasteiger partial charge < -0.3 is 4.74 Å². The first-order valence-corrected chi connectivity index (χ1v) is 8.47. The smallest absolute Gasteiger partial charge is 0.166 e. The molecule has 0 saturated carbocycles. The van der Waals surface area contributed by atoms with Gasteiger partial charge in [-0.2, -0.15) is 0 Å². The first-order chi connectivity index (χ1) is 11.3. The third-order valence-electron chi connectivity index (χ3n) is 3.86. The largest absolute Gasteiger partial charge is 0.358 e. The van der Waals surface area contributed by atoms with Crippen LogP contribution in [0.15, 0.2) is 41.9 Å². The van der Waals surface area contributed by atoms with E-state index in [-0.39, 0.29) is 12.0 Å². The monoisotopic (exact) mass is 330 g/mol. The molecule has 0 aliphatic carbocycles. The normalized spacial score (nSPS) is 17.9. The molecule has 0 spiro atoms. The second-order valence-corrected chi connectivity index (χ2v) is 6.31. The van der Waals surface area contributed by atoms with Crippen LogP contribution in [0.4, 0.5) is 4.39 Å². The molecule has 0 N–H and O–H groups in total. The van der Waals surface area contributed by atoms with Crippen LogP contribution in [0.25, 0.3) is 11.2 Å². The van der Waals surface area contributed by atoms with Crippen LogP contribution in [0, 0.1) is 5.82 Å². The molecule has 3 aromatic rings. The summed E-state index contributed by atoms with van der Waals surface area (Å²) in [6.07, 6.45) is 5.29. The highest BCUT2D eigenvalue weighted by Gasteiger charge is 2.21. The number of rotatable bonds is 4. The fraction of sp³-hybridized carbons (Fsp3) is 0.312. The van der Waals surface area contributed by atoms with Crippen LogP contribution in [0.2, 0.25) is 0 Å². The van der Waals surface area contributed by atoms with Gasteiger partial charge in [-0.25, -0.2) is 19.3 Å². The van der Waals surface area contributed by atoms with Crippen molar-refractivity contribution in [2.75, 3.05) is 6.61 Å². The molecule has 7 heteroatoms. The zero-order valence-corrected chi connectivity index (χ0v) is 13.2. The highest BCUT2D eigenvalue weighted by Crippen LogP contribution is 2.30. The van der Waals surface area contributed by atoms with Crippen LogP contribution >= 0.6 is 11.8 Å². The lowest BCUT2D eigenvalue weighted by atomic mass is 10.2. The van der Waals surface area contributed by atoms with Gasteiger partial charge in [-0.15, -0.1) is 0 Å². The lowest BCUT2D eigenvalue weighted by Gasteiger charge is -2.11. The Morgan fingerprint density at radius 3 is 3.00 bits per heavy atom. The summed E-state index contributed by atoms with van der Waals surface area (Å²) >= 11 is 1.47. The second-order valence-electron chi connectivity index (χ2n) is 5.35. The maximum atomic E-state index is 13.7. The number of benzene rings is 1. The van der Waals surface area contributed by atoms with E-state index in [2.05, 4.69) is 15.0 Å². The molecule has 4 rings (SSSR count). The third kappa shape index (κ3) is 2.82. The molecule has 1 fully saturated rings. The van der Waals surface area contributed by atoms with Crippen molar-refractivity contribution in [2.24, 2.45) is 0 Å². The van der Waals surface area contributed by atoms with Crippen LogP contribution in [0.5, 0.6) is 0 Å². The molecule has 1 aliphatic heterocycles. The van der Waals surface area contributed by atoms with Gasteiger partial charge in [0.15, 0.2) is 5.65 Å². The summed E-state index contributed by atoms with van der Waals surface area (Å²) in [7, 11) is 0. The molecule has 1 saturated heterocycles. The Hall–Kier alpha value is -1.99. The number of nitrogens with zero attached hydrogens (tertiary/aromatic N) is 4. The Morgan fingerprint density at radius 2 is 2.17 bits per heavy atom. The van der Waals surface area contributed by atoms with Crippen LogP contribution in [0.1, 0.15) is 24.6 Å². The number of fused-ring (bicyclic) bond motifs is 1. The summed E-state index contributed by atoms with van der Waals surface area (Å²) in [5.74, 6) is 0.307. The molecule has 0 unspecified atom stereocenters. The van der Waals surface area contributed by atoms with Crippen molar-refractivity contribution in [1.29, 1.82) is 0 Å². The van der Waals surface area contributed by atoms with E-state index in [9.17, 15) is 4.39 Å². The van der Waals surface area contributed by atoms with E-state index in [0.717, 1.165) is 35.6 Å². The Morgan fingerprint density at radius 1 is 1.26 bits per heavy atom. The van der Waals surface area contributed by atoms with Crippen molar-refractivity contribution in [2.45, 2.75) is 29.8 Å². The van der Waals surface area contributed by atoms with Crippen molar-refractivity contribution in [1.82, 2.24) is 19.5 Å². The Kier molecular flexibility index (Phi) is 3.97. The number of ether oxygens (including phenoxy) is 1. The summed E-state index contributed by atoms with van der Waals surface area (Å²) in [6, 6.07) is 6.78. The van der Waals surface area contributed by atoms with Gasteiger partial charge in [0.1, 0.15) is 28.9 Å². The SMILES string of the molecule is Fc1ccccc1CSc1ncnc2c1ncn2[C@H]1CCCO1. The first kappa shape index (κ1) is 14.6. The number of hydrogen-bond donors (Lipinski definition) is 0. The number of thioether (sulfide) groups is 1. The number of hydrogen-bond acceptors (Lipinski definition) is 5. The Labute approximate surface area is 136 Å². The molecule has 0 amide bonds. The zero-order valence-electron chi connectivity index (χ0n) is 12.4. The molecular weight excluding hydrogens is 315 g/mol. The van der Waals surface area contributed by atoms with Crippen molar-refractivity contribution >= 4 is 22.9 Å².